The number of aromatic nitrogens is 1. The highest BCUT2D eigenvalue weighted by Gasteiger charge is 2.28. The van der Waals surface area contributed by atoms with Gasteiger partial charge in [0.1, 0.15) is 5.82 Å². The molecule has 1 aliphatic rings. The molecule has 1 fully saturated rings. The lowest BCUT2D eigenvalue weighted by Crippen LogP contribution is -2.32. The molecule has 6 nitrogen and oxygen atoms in total. The van der Waals surface area contributed by atoms with Crippen molar-refractivity contribution in [3.63, 3.8) is 0 Å². The Labute approximate surface area is 177 Å². The third-order valence-corrected chi connectivity index (χ3v) is 5.39. The van der Waals surface area contributed by atoms with E-state index >= 15 is 0 Å². The maximum absolute atomic E-state index is 12.0. The minimum Gasteiger partial charge on any atom is -0.377 e. The van der Waals surface area contributed by atoms with E-state index in [1.165, 1.54) is 5.56 Å². The van der Waals surface area contributed by atoms with Crippen molar-refractivity contribution in [2.45, 2.75) is 33.4 Å². The van der Waals surface area contributed by atoms with Crippen LogP contribution in [0.1, 0.15) is 25.0 Å². The zero-order valence-electron chi connectivity index (χ0n) is 17.7. The number of hydrogen-bond donors (Lipinski definition) is 3. The van der Waals surface area contributed by atoms with Gasteiger partial charge in [-0.1, -0.05) is 24.3 Å². The summed E-state index contributed by atoms with van der Waals surface area (Å²) in [5.41, 5.74) is 6.38. The van der Waals surface area contributed by atoms with Crippen LogP contribution in [0.5, 0.6) is 0 Å². The lowest BCUT2D eigenvalue weighted by molar-refractivity contribution is 0.134. The number of nitrogens with zero attached hydrogens (tertiary/aromatic N) is 1. The standard InChI is InChI=1S/C24H28N4O2/c1-4-30-15-18-6-5-16(2)22(13-18)27-23-12-11-21(26-23)19-7-9-20(10-8-19)28-17(3)14-25-24(28)29/h5-13,17,26-27H,4,14-15H2,1-3H3,(H,25,29)/t17-/m1/s1. The van der Waals surface area contributed by atoms with Gasteiger partial charge in [-0.15, -0.1) is 0 Å². The van der Waals surface area contributed by atoms with Crippen LogP contribution in [0, 0.1) is 6.92 Å². The molecule has 1 aliphatic heterocycles. The first-order valence-electron chi connectivity index (χ1n) is 10.4. The second kappa shape index (κ2) is 8.63. The highest BCUT2D eigenvalue weighted by molar-refractivity contribution is 5.95. The molecule has 0 aliphatic carbocycles. The van der Waals surface area contributed by atoms with Crippen molar-refractivity contribution in [2.75, 3.05) is 23.4 Å². The molecule has 2 heterocycles. The van der Waals surface area contributed by atoms with E-state index in [0.717, 1.165) is 34.0 Å². The lowest BCUT2D eigenvalue weighted by Gasteiger charge is -2.19. The summed E-state index contributed by atoms with van der Waals surface area (Å²) in [6, 6.07) is 18.6. The van der Waals surface area contributed by atoms with E-state index in [-0.39, 0.29) is 12.1 Å². The SMILES string of the molecule is CCOCc1ccc(C)c(Nc2ccc(-c3ccc(N4C(=O)NC[C@H]4C)cc3)[nH]2)c1. The molecule has 1 aromatic heterocycles. The number of nitrogens with one attached hydrogen (secondary N) is 3. The third-order valence-electron chi connectivity index (χ3n) is 5.39. The summed E-state index contributed by atoms with van der Waals surface area (Å²) in [4.78, 5) is 17.3. The number of H-pyrrole nitrogens is 1. The quantitative estimate of drug-likeness (QED) is 0.508. The molecule has 4 rings (SSSR count). The van der Waals surface area contributed by atoms with Crippen LogP contribution in [0.25, 0.3) is 11.3 Å². The van der Waals surface area contributed by atoms with Gasteiger partial charge in [-0.3, -0.25) is 4.90 Å². The van der Waals surface area contributed by atoms with Gasteiger partial charge in [-0.2, -0.15) is 0 Å². The molecule has 2 amide bonds. The molecule has 156 valence electrons. The normalized spacial score (nSPS) is 16.0. The molecule has 0 unspecified atom stereocenters. The Morgan fingerprint density at radius 3 is 2.63 bits per heavy atom. The summed E-state index contributed by atoms with van der Waals surface area (Å²) in [5, 5.41) is 6.35. The van der Waals surface area contributed by atoms with Gasteiger partial charge in [0.25, 0.3) is 0 Å². The second-order valence-corrected chi connectivity index (χ2v) is 7.65. The van der Waals surface area contributed by atoms with Gasteiger partial charge in [-0.05, 0) is 67.8 Å². The Morgan fingerprint density at radius 2 is 1.93 bits per heavy atom. The van der Waals surface area contributed by atoms with Gasteiger partial charge >= 0.3 is 6.03 Å². The first kappa shape index (κ1) is 20.0. The van der Waals surface area contributed by atoms with E-state index in [4.69, 9.17) is 4.74 Å². The van der Waals surface area contributed by atoms with Crippen LogP contribution in [-0.2, 0) is 11.3 Å². The van der Waals surface area contributed by atoms with E-state index < -0.39 is 0 Å². The number of aryl methyl sites for hydroxylation is 1. The zero-order chi connectivity index (χ0) is 21.1. The highest BCUT2D eigenvalue weighted by atomic mass is 16.5. The average molecular weight is 405 g/mol. The van der Waals surface area contributed by atoms with E-state index in [9.17, 15) is 4.79 Å². The number of anilines is 3. The van der Waals surface area contributed by atoms with Crippen molar-refractivity contribution in [1.82, 2.24) is 10.3 Å². The second-order valence-electron chi connectivity index (χ2n) is 7.65. The minimum absolute atomic E-state index is 0.0384. The number of carbonyl (C=O) groups is 1. The molecule has 3 N–H and O–H groups in total. The number of urea groups is 1. The maximum atomic E-state index is 12.0. The highest BCUT2D eigenvalue weighted by Crippen LogP contribution is 2.28. The van der Waals surface area contributed by atoms with E-state index in [0.29, 0.717) is 19.8 Å². The molecule has 1 atom stereocenters. The molecule has 0 saturated carbocycles. The number of benzene rings is 2. The zero-order valence-corrected chi connectivity index (χ0v) is 17.7. The predicted octanol–water partition coefficient (Wildman–Crippen LogP) is 5.19. The van der Waals surface area contributed by atoms with Gasteiger partial charge in [0.2, 0.25) is 0 Å². The van der Waals surface area contributed by atoms with Gasteiger partial charge < -0.3 is 20.4 Å². The number of carbonyl (C=O) groups excluding carboxylic acids is 1. The van der Waals surface area contributed by atoms with Crippen molar-refractivity contribution >= 4 is 23.2 Å². The molecular weight excluding hydrogens is 376 g/mol. The fourth-order valence-electron chi connectivity index (χ4n) is 3.68. The molecule has 2 aromatic carbocycles. The van der Waals surface area contributed by atoms with E-state index in [1.54, 1.807) is 4.90 Å². The van der Waals surface area contributed by atoms with Crippen LogP contribution < -0.4 is 15.5 Å². The number of rotatable bonds is 7. The molecule has 0 radical (unpaired) electrons. The van der Waals surface area contributed by atoms with Crippen LogP contribution in [0.3, 0.4) is 0 Å². The van der Waals surface area contributed by atoms with Crippen LogP contribution >= 0.6 is 0 Å². The van der Waals surface area contributed by atoms with E-state index in [2.05, 4.69) is 46.8 Å². The van der Waals surface area contributed by atoms with Gasteiger partial charge in [0.05, 0.1) is 12.6 Å². The summed E-state index contributed by atoms with van der Waals surface area (Å²) in [6.07, 6.45) is 0. The fourth-order valence-corrected chi connectivity index (χ4v) is 3.68. The van der Waals surface area contributed by atoms with Crippen molar-refractivity contribution < 1.29 is 9.53 Å². The Hall–Kier alpha value is -3.25. The summed E-state index contributed by atoms with van der Waals surface area (Å²) in [7, 11) is 0. The molecule has 30 heavy (non-hydrogen) atoms. The molecular formula is C24H28N4O2. The monoisotopic (exact) mass is 404 g/mol. The van der Waals surface area contributed by atoms with Crippen molar-refractivity contribution in [1.29, 1.82) is 0 Å². The number of hydrogen-bond acceptors (Lipinski definition) is 3. The summed E-state index contributed by atoms with van der Waals surface area (Å²) in [6.45, 7) is 8.13. The van der Waals surface area contributed by atoms with Crippen LogP contribution in [0.2, 0.25) is 0 Å². The Bertz CT molecular complexity index is 1030. The molecule has 0 bridgehead atoms. The van der Waals surface area contributed by atoms with Crippen LogP contribution in [-0.4, -0.2) is 30.2 Å². The molecule has 0 spiro atoms. The Kier molecular flexibility index (Phi) is 5.77. The van der Waals surface area contributed by atoms with Crippen LogP contribution in [0.4, 0.5) is 22.0 Å². The van der Waals surface area contributed by atoms with Crippen molar-refractivity contribution in [3.05, 3.63) is 65.7 Å². The predicted molar refractivity (Wildman–Crippen MR) is 121 cm³/mol. The smallest absolute Gasteiger partial charge is 0.322 e. The summed E-state index contributed by atoms with van der Waals surface area (Å²) in [5.74, 6) is 0.929. The number of amides is 2. The minimum atomic E-state index is -0.0384. The number of aromatic amines is 1. The summed E-state index contributed by atoms with van der Waals surface area (Å²) < 4.78 is 5.52. The van der Waals surface area contributed by atoms with Crippen LogP contribution in [0.15, 0.2) is 54.6 Å². The average Bonchev–Trinajstić information content (AvgIpc) is 3.35. The molecule has 6 heteroatoms. The third kappa shape index (κ3) is 4.19. The number of ether oxygens (including phenoxy) is 1. The summed E-state index contributed by atoms with van der Waals surface area (Å²) >= 11 is 0. The largest absolute Gasteiger partial charge is 0.377 e. The Balaban J connectivity index is 1.49. The van der Waals surface area contributed by atoms with Crippen molar-refractivity contribution in [2.24, 2.45) is 0 Å². The van der Waals surface area contributed by atoms with E-state index in [1.807, 2.05) is 44.2 Å². The van der Waals surface area contributed by atoms with Crippen molar-refractivity contribution in [3.8, 4) is 11.3 Å². The van der Waals surface area contributed by atoms with Gasteiger partial charge in [0, 0.05) is 30.2 Å². The topological polar surface area (TPSA) is 69.4 Å². The van der Waals surface area contributed by atoms with Gasteiger partial charge in [0.15, 0.2) is 0 Å². The fraction of sp³-hybridized carbons (Fsp3) is 0.292. The Morgan fingerprint density at radius 1 is 1.13 bits per heavy atom. The molecule has 1 saturated heterocycles. The molecule has 3 aromatic rings. The first-order valence-corrected chi connectivity index (χ1v) is 10.4. The first-order chi connectivity index (χ1) is 14.5. The lowest BCUT2D eigenvalue weighted by atomic mass is 10.1. The maximum Gasteiger partial charge on any atom is 0.322 e. The van der Waals surface area contributed by atoms with Gasteiger partial charge in [-0.25, -0.2) is 4.79 Å².